The number of hydrogen-bond donors (Lipinski definition) is 2. The van der Waals surface area contributed by atoms with Crippen molar-refractivity contribution in [3.05, 3.63) is 99.5 Å². The fraction of sp³-hybridized carbons (Fsp3) is 0.125. The summed E-state index contributed by atoms with van der Waals surface area (Å²) in [5.74, 6) is 0.725. The summed E-state index contributed by atoms with van der Waals surface area (Å²) in [6.45, 7) is 2.02. The monoisotopic (exact) mass is 515 g/mol. The molecule has 0 fully saturated rings. The van der Waals surface area contributed by atoms with Crippen molar-refractivity contribution < 1.29 is 9.18 Å². The van der Waals surface area contributed by atoms with Crippen LogP contribution in [0.15, 0.2) is 71.9 Å². The third-order valence-electron chi connectivity index (χ3n) is 4.93. The number of carbonyl (C=O) groups is 1. The molecule has 2 amide bonds. The van der Waals surface area contributed by atoms with Gasteiger partial charge in [0.25, 0.3) is 0 Å². The highest BCUT2D eigenvalue weighted by molar-refractivity contribution is 7.98. The van der Waals surface area contributed by atoms with E-state index < -0.39 is 0 Å². The van der Waals surface area contributed by atoms with Crippen LogP contribution in [0.3, 0.4) is 0 Å². The maximum atomic E-state index is 13.2. The lowest BCUT2D eigenvalue weighted by Crippen LogP contribution is -2.29. The van der Waals surface area contributed by atoms with Crippen molar-refractivity contribution in [1.82, 2.24) is 20.1 Å². The Bertz CT molecular complexity index is 1310. The Hall–Kier alpha value is -3.07. The SMILES string of the molecule is Cc1ccccc1NC(=O)NCc1nnc(SCc2ccc(F)cc2)n1-c1cc(Cl)ccc1Cl. The van der Waals surface area contributed by atoms with Crippen LogP contribution >= 0.6 is 35.0 Å². The summed E-state index contributed by atoms with van der Waals surface area (Å²) in [5.41, 5.74) is 3.19. The summed E-state index contributed by atoms with van der Waals surface area (Å²) in [5, 5.41) is 15.7. The van der Waals surface area contributed by atoms with Crippen molar-refractivity contribution in [2.75, 3.05) is 5.32 Å². The standard InChI is InChI=1S/C24H20Cl2FN5OS/c1-15-4-2-3-5-20(15)29-23(33)28-13-22-30-31-24(34-14-16-6-9-18(27)10-7-16)32(22)21-12-17(25)8-11-19(21)26/h2-12H,13-14H2,1H3,(H2,28,29,33). The molecular weight excluding hydrogens is 496 g/mol. The number of anilines is 1. The Labute approximate surface area is 210 Å². The van der Waals surface area contributed by atoms with Crippen LogP contribution in [-0.4, -0.2) is 20.8 Å². The molecule has 0 aliphatic carbocycles. The smallest absolute Gasteiger partial charge is 0.319 e. The normalized spacial score (nSPS) is 10.8. The van der Waals surface area contributed by atoms with Crippen LogP contribution < -0.4 is 10.6 Å². The van der Waals surface area contributed by atoms with Crippen LogP contribution in [0.2, 0.25) is 10.0 Å². The average molecular weight is 516 g/mol. The van der Waals surface area contributed by atoms with Crippen molar-refractivity contribution in [2.24, 2.45) is 0 Å². The highest BCUT2D eigenvalue weighted by Crippen LogP contribution is 2.31. The minimum absolute atomic E-state index is 0.102. The van der Waals surface area contributed by atoms with Gasteiger partial charge in [-0.2, -0.15) is 0 Å². The quantitative estimate of drug-likeness (QED) is 0.270. The first kappa shape index (κ1) is 24.1. The Balaban J connectivity index is 1.56. The van der Waals surface area contributed by atoms with E-state index in [1.807, 2.05) is 31.2 Å². The van der Waals surface area contributed by atoms with E-state index >= 15 is 0 Å². The number of carbonyl (C=O) groups excluding carboxylic acids is 1. The summed E-state index contributed by atoms with van der Waals surface area (Å²) < 4.78 is 15.0. The molecule has 0 atom stereocenters. The topological polar surface area (TPSA) is 71.8 Å². The molecule has 0 aliphatic rings. The molecule has 0 spiro atoms. The number of amides is 2. The van der Waals surface area contributed by atoms with Crippen LogP contribution in [0.4, 0.5) is 14.9 Å². The second-order valence-corrected chi connectivity index (χ2v) is 9.15. The Morgan fingerprint density at radius 3 is 2.59 bits per heavy atom. The lowest BCUT2D eigenvalue weighted by atomic mass is 10.2. The van der Waals surface area contributed by atoms with Gasteiger partial charge >= 0.3 is 6.03 Å². The van der Waals surface area contributed by atoms with Gasteiger partial charge in [-0.1, -0.05) is 65.3 Å². The van der Waals surface area contributed by atoms with Crippen LogP contribution in [0, 0.1) is 12.7 Å². The molecule has 34 heavy (non-hydrogen) atoms. The van der Waals surface area contributed by atoms with Gasteiger partial charge in [-0.15, -0.1) is 10.2 Å². The van der Waals surface area contributed by atoms with Gasteiger partial charge in [0.15, 0.2) is 11.0 Å². The molecule has 6 nitrogen and oxygen atoms in total. The Kier molecular flexibility index (Phi) is 7.72. The zero-order chi connectivity index (χ0) is 24.1. The van der Waals surface area contributed by atoms with Crippen molar-refractivity contribution in [1.29, 1.82) is 0 Å². The maximum Gasteiger partial charge on any atom is 0.319 e. The molecule has 1 heterocycles. The lowest BCUT2D eigenvalue weighted by molar-refractivity contribution is 0.251. The zero-order valence-electron chi connectivity index (χ0n) is 18.1. The average Bonchev–Trinajstić information content (AvgIpc) is 3.23. The first-order valence-electron chi connectivity index (χ1n) is 10.3. The van der Waals surface area contributed by atoms with E-state index in [0.29, 0.717) is 32.5 Å². The molecule has 1 aromatic heterocycles. The summed E-state index contributed by atoms with van der Waals surface area (Å²) in [7, 11) is 0. The Morgan fingerprint density at radius 2 is 1.82 bits per heavy atom. The van der Waals surface area contributed by atoms with Gasteiger partial charge in [-0.3, -0.25) is 4.57 Å². The number of hydrogen-bond acceptors (Lipinski definition) is 4. The molecule has 174 valence electrons. The number of para-hydroxylation sites is 1. The Morgan fingerprint density at radius 1 is 1.06 bits per heavy atom. The molecule has 3 aromatic carbocycles. The number of nitrogens with zero attached hydrogens (tertiary/aromatic N) is 3. The fourth-order valence-electron chi connectivity index (χ4n) is 3.17. The third-order valence-corrected chi connectivity index (χ3v) is 6.49. The van der Waals surface area contributed by atoms with Crippen molar-refractivity contribution in [3.8, 4) is 5.69 Å². The number of halogens is 3. The summed E-state index contributed by atoms with van der Waals surface area (Å²) >= 11 is 14.1. The molecule has 0 unspecified atom stereocenters. The van der Waals surface area contributed by atoms with E-state index in [2.05, 4.69) is 20.8 Å². The zero-order valence-corrected chi connectivity index (χ0v) is 20.4. The van der Waals surface area contributed by atoms with Crippen LogP contribution in [0.25, 0.3) is 5.69 Å². The lowest BCUT2D eigenvalue weighted by Gasteiger charge is -2.13. The van der Waals surface area contributed by atoms with Crippen LogP contribution in [0.5, 0.6) is 0 Å². The van der Waals surface area contributed by atoms with Gasteiger partial charge < -0.3 is 10.6 Å². The molecular formula is C24H20Cl2FN5OS. The van der Waals surface area contributed by atoms with E-state index in [1.165, 1.54) is 23.9 Å². The number of rotatable bonds is 7. The predicted molar refractivity (Wildman–Crippen MR) is 134 cm³/mol. The number of aromatic nitrogens is 3. The van der Waals surface area contributed by atoms with E-state index in [4.69, 9.17) is 23.2 Å². The molecule has 10 heteroatoms. The summed E-state index contributed by atoms with van der Waals surface area (Å²) in [6, 6.07) is 18.5. The molecule has 0 saturated heterocycles. The first-order valence-corrected chi connectivity index (χ1v) is 12.0. The van der Waals surface area contributed by atoms with E-state index in [9.17, 15) is 9.18 Å². The van der Waals surface area contributed by atoms with Gasteiger partial charge in [0.05, 0.1) is 17.3 Å². The second-order valence-electron chi connectivity index (χ2n) is 7.37. The minimum Gasteiger partial charge on any atom is -0.331 e. The molecule has 4 aromatic rings. The molecule has 2 N–H and O–H groups in total. The molecule has 0 radical (unpaired) electrons. The number of thioether (sulfide) groups is 1. The third kappa shape index (κ3) is 5.88. The molecule has 0 bridgehead atoms. The van der Waals surface area contributed by atoms with Crippen molar-refractivity contribution in [3.63, 3.8) is 0 Å². The van der Waals surface area contributed by atoms with Crippen molar-refractivity contribution >= 4 is 46.7 Å². The highest BCUT2D eigenvalue weighted by atomic mass is 35.5. The number of benzene rings is 3. The van der Waals surface area contributed by atoms with Gasteiger partial charge in [0, 0.05) is 16.5 Å². The van der Waals surface area contributed by atoms with Gasteiger partial charge in [-0.25, -0.2) is 9.18 Å². The van der Waals surface area contributed by atoms with Gasteiger partial charge in [0.1, 0.15) is 5.82 Å². The maximum absolute atomic E-state index is 13.2. The molecule has 4 rings (SSSR count). The largest absolute Gasteiger partial charge is 0.331 e. The summed E-state index contributed by atoms with van der Waals surface area (Å²) in [6.07, 6.45) is 0. The van der Waals surface area contributed by atoms with Crippen LogP contribution in [-0.2, 0) is 12.3 Å². The first-order chi connectivity index (χ1) is 16.4. The molecule has 0 saturated carbocycles. The molecule has 0 aliphatic heterocycles. The van der Waals surface area contributed by atoms with E-state index in [-0.39, 0.29) is 18.4 Å². The van der Waals surface area contributed by atoms with Gasteiger partial charge in [0.2, 0.25) is 0 Å². The fourth-order valence-corrected chi connectivity index (χ4v) is 4.46. The van der Waals surface area contributed by atoms with Gasteiger partial charge in [-0.05, 0) is 54.4 Å². The highest BCUT2D eigenvalue weighted by Gasteiger charge is 2.18. The van der Waals surface area contributed by atoms with E-state index in [1.54, 1.807) is 34.9 Å². The number of aryl methyl sites for hydroxylation is 1. The van der Waals surface area contributed by atoms with E-state index in [0.717, 1.165) is 16.8 Å². The number of nitrogens with one attached hydrogen (secondary N) is 2. The van der Waals surface area contributed by atoms with Crippen molar-refractivity contribution in [2.45, 2.75) is 24.4 Å². The second kappa shape index (κ2) is 10.9. The van der Waals surface area contributed by atoms with Crippen LogP contribution in [0.1, 0.15) is 17.0 Å². The summed E-state index contributed by atoms with van der Waals surface area (Å²) in [4.78, 5) is 12.5. The number of urea groups is 1. The minimum atomic E-state index is -0.374. The predicted octanol–water partition coefficient (Wildman–Crippen LogP) is 6.64.